The molecular formula is C20H13Cl2N3O3. The van der Waals surface area contributed by atoms with E-state index in [0.29, 0.717) is 26.9 Å². The van der Waals surface area contributed by atoms with E-state index in [4.69, 9.17) is 28.0 Å². The summed E-state index contributed by atoms with van der Waals surface area (Å²) in [5, 5.41) is 12.4. The highest BCUT2D eigenvalue weighted by Crippen LogP contribution is 2.28. The smallest absolute Gasteiger partial charge is 0.271 e. The molecule has 0 amide bonds. The number of aromatic nitrogens is 2. The standard InChI is InChI=1S/C20H13Cl2N3O3/c21-15-5-1-13(2-6-15)12-28-24-19-11-17(25(26)27)9-10-18(19)23-20(24)14-3-7-16(22)8-4-14/h1-11H,12H2. The van der Waals surface area contributed by atoms with Gasteiger partial charge in [-0.15, -0.1) is 0 Å². The number of nitro benzene ring substituents is 1. The highest BCUT2D eigenvalue weighted by Gasteiger charge is 2.17. The van der Waals surface area contributed by atoms with Crippen molar-refractivity contribution in [3.05, 3.63) is 92.5 Å². The summed E-state index contributed by atoms with van der Waals surface area (Å²) in [6, 6.07) is 18.9. The van der Waals surface area contributed by atoms with Gasteiger partial charge < -0.3 is 4.84 Å². The Morgan fingerprint density at radius 3 is 2.25 bits per heavy atom. The lowest BCUT2D eigenvalue weighted by molar-refractivity contribution is -0.384. The third-order valence-corrected chi connectivity index (χ3v) is 4.69. The molecule has 0 unspecified atom stereocenters. The SMILES string of the molecule is O=[N+]([O-])c1ccc2nc(-c3ccc(Cl)cc3)n(OCc3ccc(Cl)cc3)c2c1. The zero-order chi connectivity index (χ0) is 19.7. The number of benzene rings is 3. The van der Waals surface area contributed by atoms with Gasteiger partial charge >= 0.3 is 0 Å². The van der Waals surface area contributed by atoms with E-state index in [-0.39, 0.29) is 12.3 Å². The Bertz CT molecular complexity index is 1160. The van der Waals surface area contributed by atoms with Crippen LogP contribution in [0.25, 0.3) is 22.4 Å². The van der Waals surface area contributed by atoms with Crippen LogP contribution in [0.4, 0.5) is 5.69 Å². The third kappa shape index (κ3) is 3.65. The molecule has 0 saturated heterocycles. The molecule has 0 radical (unpaired) electrons. The van der Waals surface area contributed by atoms with Gasteiger partial charge in [0.1, 0.15) is 12.1 Å². The summed E-state index contributed by atoms with van der Waals surface area (Å²) in [6.07, 6.45) is 0. The van der Waals surface area contributed by atoms with Crippen molar-refractivity contribution in [1.82, 2.24) is 9.71 Å². The van der Waals surface area contributed by atoms with Crippen LogP contribution in [-0.4, -0.2) is 14.6 Å². The second-order valence-electron chi connectivity index (χ2n) is 6.07. The number of fused-ring (bicyclic) bond motifs is 1. The van der Waals surface area contributed by atoms with Crippen LogP contribution in [0.15, 0.2) is 66.7 Å². The molecule has 0 bridgehead atoms. The van der Waals surface area contributed by atoms with E-state index in [1.807, 2.05) is 24.3 Å². The first-order valence-corrected chi connectivity index (χ1v) is 9.07. The maximum atomic E-state index is 11.2. The lowest BCUT2D eigenvalue weighted by Gasteiger charge is -2.11. The number of nitrogens with zero attached hydrogens (tertiary/aromatic N) is 3. The van der Waals surface area contributed by atoms with E-state index in [0.717, 1.165) is 11.1 Å². The molecule has 0 aliphatic rings. The summed E-state index contributed by atoms with van der Waals surface area (Å²) in [5.41, 5.74) is 2.74. The van der Waals surface area contributed by atoms with Crippen molar-refractivity contribution in [2.75, 3.05) is 0 Å². The second-order valence-corrected chi connectivity index (χ2v) is 6.94. The predicted molar refractivity (Wildman–Crippen MR) is 109 cm³/mol. The van der Waals surface area contributed by atoms with Crippen molar-refractivity contribution in [2.24, 2.45) is 0 Å². The number of hydrogen-bond donors (Lipinski definition) is 0. The Morgan fingerprint density at radius 1 is 0.964 bits per heavy atom. The molecule has 1 heterocycles. The van der Waals surface area contributed by atoms with Gasteiger partial charge in [-0.2, -0.15) is 4.73 Å². The zero-order valence-electron chi connectivity index (χ0n) is 14.4. The fourth-order valence-electron chi connectivity index (χ4n) is 2.79. The first-order chi connectivity index (χ1) is 13.5. The first kappa shape index (κ1) is 18.3. The van der Waals surface area contributed by atoms with Crippen LogP contribution < -0.4 is 4.84 Å². The van der Waals surface area contributed by atoms with E-state index >= 15 is 0 Å². The van der Waals surface area contributed by atoms with Crippen LogP contribution in [0.5, 0.6) is 0 Å². The number of nitro groups is 1. The molecule has 0 saturated carbocycles. The van der Waals surface area contributed by atoms with Crippen LogP contribution in [0.2, 0.25) is 10.0 Å². The summed E-state index contributed by atoms with van der Waals surface area (Å²) in [6.45, 7) is 0.242. The molecule has 0 spiro atoms. The van der Waals surface area contributed by atoms with Gasteiger partial charge in [-0.3, -0.25) is 10.1 Å². The topological polar surface area (TPSA) is 70.2 Å². The number of halogens is 2. The van der Waals surface area contributed by atoms with Crippen molar-refractivity contribution >= 4 is 39.9 Å². The van der Waals surface area contributed by atoms with Crippen LogP contribution >= 0.6 is 23.2 Å². The van der Waals surface area contributed by atoms with Gasteiger partial charge in [0.15, 0.2) is 5.82 Å². The van der Waals surface area contributed by atoms with Crippen molar-refractivity contribution in [3.63, 3.8) is 0 Å². The maximum Gasteiger partial charge on any atom is 0.271 e. The van der Waals surface area contributed by atoms with E-state index < -0.39 is 4.92 Å². The molecule has 0 fully saturated rings. The molecule has 0 aliphatic heterocycles. The molecule has 140 valence electrons. The third-order valence-electron chi connectivity index (χ3n) is 4.18. The lowest BCUT2D eigenvalue weighted by Crippen LogP contribution is -2.12. The van der Waals surface area contributed by atoms with Gasteiger partial charge in [0.05, 0.1) is 10.4 Å². The van der Waals surface area contributed by atoms with E-state index in [1.165, 1.54) is 16.9 Å². The second kappa shape index (κ2) is 7.50. The highest BCUT2D eigenvalue weighted by atomic mass is 35.5. The maximum absolute atomic E-state index is 11.2. The van der Waals surface area contributed by atoms with Gasteiger partial charge in [0, 0.05) is 27.7 Å². The lowest BCUT2D eigenvalue weighted by atomic mass is 10.2. The van der Waals surface area contributed by atoms with Gasteiger partial charge in [-0.1, -0.05) is 35.3 Å². The van der Waals surface area contributed by atoms with Crippen LogP contribution in [0.3, 0.4) is 0 Å². The summed E-state index contributed by atoms with van der Waals surface area (Å²) < 4.78 is 1.51. The Kier molecular flexibility index (Phi) is 4.90. The fourth-order valence-corrected chi connectivity index (χ4v) is 3.04. The highest BCUT2D eigenvalue weighted by molar-refractivity contribution is 6.30. The molecule has 6 nitrogen and oxygen atoms in total. The number of imidazole rings is 1. The average Bonchev–Trinajstić information content (AvgIpc) is 3.06. The molecule has 4 aromatic rings. The largest absolute Gasteiger partial charge is 0.407 e. The molecule has 1 aromatic heterocycles. The van der Waals surface area contributed by atoms with Crippen molar-refractivity contribution in [1.29, 1.82) is 0 Å². The zero-order valence-corrected chi connectivity index (χ0v) is 15.9. The minimum atomic E-state index is -0.446. The molecular weight excluding hydrogens is 401 g/mol. The summed E-state index contributed by atoms with van der Waals surface area (Å²) in [5.74, 6) is 0.529. The van der Waals surface area contributed by atoms with Gasteiger partial charge in [0.2, 0.25) is 0 Å². The normalized spacial score (nSPS) is 10.9. The summed E-state index contributed by atoms with van der Waals surface area (Å²) >= 11 is 11.9. The van der Waals surface area contributed by atoms with Crippen LogP contribution in [0.1, 0.15) is 5.56 Å². The molecule has 0 N–H and O–H groups in total. The van der Waals surface area contributed by atoms with E-state index in [2.05, 4.69) is 4.98 Å². The van der Waals surface area contributed by atoms with Gasteiger partial charge in [0.25, 0.3) is 5.69 Å². The quantitative estimate of drug-likeness (QED) is 0.317. The van der Waals surface area contributed by atoms with Crippen molar-refractivity contribution in [3.8, 4) is 11.4 Å². The minimum Gasteiger partial charge on any atom is -0.407 e. The summed E-state index contributed by atoms with van der Waals surface area (Å²) in [4.78, 5) is 21.3. The Hall–Kier alpha value is -3.09. The first-order valence-electron chi connectivity index (χ1n) is 8.32. The summed E-state index contributed by atoms with van der Waals surface area (Å²) in [7, 11) is 0. The van der Waals surface area contributed by atoms with Crippen LogP contribution in [-0.2, 0) is 6.61 Å². The molecule has 8 heteroatoms. The number of rotatable bonds is 5. The van der Waals surface area contributed by atoms with E-state index in [1.54, 1.807) is 30.3 Å². The van der Waals surface area contributed by atoms with Gasteiger partial charge in [-0.05, 0) is 48.0 Å². The number of hydrogen-bond acceptors (Lipinski definition) is 4. The molecule has 0 atom stereocenters. The fraction of sp³-hybridized carbons (Fsp3) is 0.0500. The van der Waals surface area contributed by atoms with E-state index in [9.17, 15) is 10.1 Å². The molecule has 4 rings (SSSR count). The Labute approximate surface area is 170 Å². The Balaban J connectivity index is 1.80. The molecule has 28 heavy (non-hydrogen) atoms. The predicted octanol–water partition coefficient (Wildman–Crippen LogP) is 5.55. The van der Waals surface area contributed by atoms with Crippen molar-refractivity contribution in [2.45, 2.75) is 6.61 Å². The van der Waals surface area contributed by atoms with Gasteiger partial charge in [-0.25, -0.2) is 4.98 Å². The number of non-ortho nitro benzene ring substituents is 1. The average molecular weight is 414 g/mol. The Morgan fingerprint density at radius 2 is 1.61 bits per heavy atom. The molecule has 3 aromatic carbocycles. The minimum absolute atomic E-state index is 0.0357. The molecule has 0 aliphatic carbocycles. The van der Waals surface area contributed by atoms with Crippen LogP contribution in [0, 0.1) is 10.1 Å². The van der Waals surface area contributed by atoms with Crippen molar-refractivity contribution < 1.29 is 9.76 Å². The monoisotopic (exact) mass is 413 g/mol.